The van der Waals surface area contributed by atoms with E-state index in [0.29, 0.717) is 5.56 Å². The maximum absolute atomic E-state index is 11.6. The Morgan fingerprint density at radius 1 is 1.35 bits per heavy atom. The minimum atomic E-state index is -0.327. The van der Waals surface area contributed by atoms with Gasteiger partial charge in [-0.1, -0.05) is 0 Å². The SMILES string of the molecule is COC(=O)c1cccnc1N1CCN(C)CC1. The summed E-state index contributed by atoms with van der Waals surface area (Å²) in [5.41, 5.74) is 0.541. The molecule has 92 valence electrons. The monoisotopic (exact) mass is 235 g/mol. The number of aromatic nitrogens is 1. The van der Waals surface area contributed by atoms with Gasteiger partial charge in [-0.15, -0.1) is 0 Å². The highest BCUT2D eigenvalue weighted by molar-refractivity contribution is 5.94. The third-order valence-electron chi connectivity index (χ3n) is 2.99. The molecule has 1 saturated heterocycles. The highest BCUT2D eigenvalue weighted by Gasteiger charge is 2.21. The van der Waals surface area contributed by atoms with Crippen LogP contribution >= 0.6 is 0 Å². The van der Waals surface area contributed by atoms with E-state index in [9.17, 15) is 4.79 Å². The summed E-state index contributed by atoms with van der Waals surface area (Å²) in [5.74, 6) is 0.402. The molecule has 0 N–H and O–H groups in total. The molecule has 0 aliphatic carbocycles. The molecule has 1 aromatic rings. The topological polar surface area (TPSA) is 45.7 Å². The summed E-state index contributed by atoms with van der Waals surface area (Å²) in [6.07, 6.45) is 1.71. The molecule has 1 aliphatic heterocycles. The number of esters is 1. The summed E-state index contributed by atoms with van der Waals surface area (Å²) in [7, 11) is 3.49. The Kier molecular flexibility index (Phi) is 3.58. The Balaban J connectivity index is 2.23. The van der Waals surface area contributed by atoms with E-state index >= 15 is 0 Å². The second-order valence-corrected chi connectivity index (χ2v) is 4.16. The smallest absolute Gasteiger partial charge is 0.341 e. The van der Waals surface area contributed by atoms with Gasteiger partial charge in [-0.05, 0) is 19.2 Å². The van der Waals surface area contributed by atoms with E-state index < -0.39 is 0 Å². The minimum absolute atomic E-state index is 0.327. The molecule has 0 radical (unpaired) electrons. The van der Waals surface area contributed by atoms with Gasteiger partial charge < -0.3 is 14.5 Å². The first-order valence-corrected chi connectivity index (χ1v) is 5.69. The zero-order valence-corrected chi connectivity index (χ0v) is 10.2. The van der Waals surface area contributed by atoms with Crippen LogP contribution < -0.4 is 4.90 Å². The van der Waals surface area contributed by atoms with Crippen LogP contribution in [0.1, 0.15) is 10.4 Å². The van der Waals surface area contributed by atoms with E-state index in [4.69, 9.17) is 4.74 Å². The highest BCUT2D eigenvalue weighted by Crippen LogP contribution is 2.19. The van der Waals surface area contributed by atoms with Crippen LogP contribution in [0.15, 0.2) is 18.3 Å². The van der Waals surface area contributed by atoms with Gasteiger partial charge in [0, 0.05) is 32.4 Å². The van der Waals surface area contributed by atoms with Crippen molar-refractivity contribution >= 4 is 11.8 Å². The lowest BCUT2D eigenvalue weighted by Crippen LogP contribution is -2.45. The van der Waals surface area contributed by atoms with Crippen molar-refractivity contribution in [3.05, 3.63) is 23.9 Å². The van der Waals surface area contributed by atoms with Gasteiger partial charge in [0.25, 0.3) is 0 Å². The first-order valence-electron chi connectivity index (χ1n) is 5.69. The zero-order valence-electron chi connectivity index (χ0n) is 10.2. The van der Waals surface area contributed by atoms with Gasteiger partial charge in [-0.3, -0.25) is 0 Å². The number of hydrogen-bond donors (Lipinski definition) is 0. The zero-order chi connectivity index (χ0) is 12.3. The third-order valence-corrected chi connectivity index (χ3v) is 2.99. The van der Waals surface area contributed by atoms with E-state index in [1.165, 1.54) is 7.11 Å². The number of ether oxygens (including phenoxy) is 1. The first kappa shape index (κ1) is 11.9. The lowest BCUT2D eigenvalue weighted by atomic mass is 10.2. The van der Waals surface area contributed by atoms with Crippen LogP contribution in [0.3, 0.4) is 0 Å². The van der Waals surface area contributed by atoms with Crippen molar-refractivity contribution in [2.24, 2.45) is 0 Å². The van der Waals surface area contributed by atoms with Crippen molar-refractivity contribution in [1.82, 2.24) is 9.88 Å². The maximum Gasteiger partial charge on any atom is 0.341 e. The number of rotatable bonds is 2. The summed E-state index contributed by atoms with van der Waals surface area (Å²) in [4.78, 5) is 20.3. The molecule has 0 saturated carbocycles. The molecule has 0 bridgehead atoms. The van der Waals surface area contributed by atoms with Crippen LogP contribution in [0.2, 0.25) is 0 Å². The average molecular weight is 235 g/mol. The molecular formula is C12H17N3O2. The molecule has 1 fully saturated rings. The van der Waals surface area contributed by atoms with Crippen molar-refractivity contribution in [2.45, 2.75) is 0 Å². The molecule has 2 rings (SSSR count). The van der Waals surface area contributed by atoms with Gasteiger partial charge in [0.1, 0.15) is 11.4 Å². The lowest BCUT2D eigenvalue weighted by molar-refractivity contribution is 0.0601. The second-order valence-electron chi connectivity index (χ2n) is 4.16. The Morgan fingerprint density at radius 2 is 2.06 bits per heavy atom. The Labute approximate surface area is 101 Å². The normalized spacial score (nSPS) is 16.9. The maximum atomic E-state index is 11.6. The minimum Gasteiger partial charge on any atom is -0.465 e. The van der Waals surface area contributed by atoms with E-state index in [0.717, 1.165) is 32.0 Å². The molecular weight excluding hydrogens is 218 g/mol. The third kappa shape index (κ3) is 2.55. The molecule has 17 heavy (non-hydrogen) atoms. The summed E-state index contributed by atoms with van der Waals surface area (Å²) < 4.78 is 4.77. The number of piperazine rings is 1. The van der Waals surface area contributed by atoms with Crippen molar-refractivity contribution in [3.8, 4) is 0 Å². The summed E-state index contributed by atoms with van der Waals surface area (Å²) in [6.45, 7) is 3.74. The molecule has 0 unspecified atom stereocenters. The quantitative estimate of drug-likeness (QED) is 0.703. The Hall–Kier alpha value is -1.62. The molecule has 0 aromatic carbocycles. The molecule has 0 atom stereocenters. The standard InChI is InChI=1S/C12H17N3O2/c1-14-6-8-15(9-7-14)11-10(12(16)17-2)4-3-5-13-11/h3-5H,6-9H2,1-2H3. The number of nitrogens with zero attached hydrogens (tertiary/aromatic N) is 3. The lowest BCUT2D eigenvalue weighted by Gasteiger charge is -2.33. The number of anilines is 1. The number of methoxy groups -OCH3 is 1. The molecule has 5 heteroatoms. The van der Waals surface area contributed by atoms with Gasteiger partial charge in [0.15, 0.2) is 0 Å². The van der Waals surface area contributed by atoms with E-state index in [1.807, 2.05) is 0 Å². The van der Waals surface area contributed by atoms with E-state index in [1.54, 1.807) is 18.3 Å². The van der Waals surface area contributed by atoms with Crippen LogP contribution in [-0.2, 0) is 4.74 Å². The fourth-order valence-electron chi connectivity index (χ4n) is 1.94. The van der Waals surface area contributed by atoms with Crippen LogP contribution in [0.25, 0.3) is 0 Å². The molecule has 1 aromatic heterocycles. The second kappa shape index (κ2) is 5.14. The number of carbonyl (C=O) groups excluding carboxylic acids is 1. The molecule has 2 heterocycles. The van der Waals surface area contributed by atoms with Crippen LogP contribution in [-0.4, -0.2) is 56.2 Å². The predicted molar refractivity (Wildman–Crippen MR) is 65.3 cm³/mol. The van der Waals surface area contributed by atoms with Gasteiger partial charge in [0.05, 0.1) is 7.11 Å². The predicted octanol–water partition coefficient (Wildman–Crippen LogP) is 0.620. The van der Waals surface area contributed by atoms with Crippen molar-refractivity contribution in [3.63, 3.8) is 0 Å². The largest absolute Gasteiger partial charge is 0.465 e. The number of pyridine rings is 1. The molecule has 0 amide bonds. The first-order chi connectivity index (χ1) is 8.22. The molecule has 0 spiro atoms. The van der Waals surface area contributed by atoms with Crippen molar-refractivity contribution < 1.29 is 9.53 Å². The van der Waals surface area contributed by atoms with Gasteiger partial charge >= 0.3 is 5.97 Å². The summed E-state index contributed by atoms with van der Waals surface area (Å²) in [5, 5.41) is 0. The number of likely N-dealkylation sites (N-methyl/N-ethyl adjacent to an activating group) is 1. The Morgan fingerprint density at radius 3 is 2.71 bits per heavy atom. The number of hydrogen-bond acceptors (Lipinski definition) is 5. The van der Waals surface area contributed by atoms with Gasteiger partial charge in [0.2, 0.25) is 0 Å². The van der Waals surface area contributed by atoms with Crippen LogP contribution in [0.4, 0.5) is 5.82 Å². The summed E-state index contributed by atoms with van der Waals surface area (Å²) >= 11 is 0. The van der Waals surface area contributed by atoms with E-state index in [2.05, 4.69) is 21.8 Å². The summed E-state index contributed by atoms with van der Waals surface area (Å²) in [6, 6.07) is 3.51. The number of carbonyl (C=O) groups is 1. The van der Waals surface area contributed by atoms with Gasteiger partial charge in [-0.2, -0.15) is 0 Å². The van der Waals surface area contributed by atoms with Crippen LogP contribution in [0, 0.1) is 0 Å². The fraction of sp³-hybridized carbons (Fsp3) is 0.500. The fourth-order valence-corrected chi connectivity index (χ4v) is 1.94. The van der Waals surface area contributed by atoms with Crippen LogP contribution in [0.5, 0.6) is 0 Å². The molecule has 5 nitrogen and oxygen atoms in total. The Bertz CT molecular complexity index is 400. The van der Waals surface area contributed by atoms with Crippen molar-refractivity contribution in [2.75, 3.05) is 45.2 Å². The highest BCUT2D eigenvalue weighted by atomic mass is 16.5. The molecule has 1 aliphatic rings. The van der Waals surface area contributed by atoms with Gasteiger partial charge in [-0.25, -0.2) is 9.78 Å². The van der Waals surface area contributed by atoms with Crippen molar-refractivity contribution in [1.29, 1.82) is 0 Å². The average Bonchev–Trinajstić information content (AvgIpc) is 2.39. The van der Waals surface area contributed by atoms with E-state index in [-0.39, 0.29) is 5.97 Å².